The lowest BCUT2D eigenvalue weighted by molar-refractivity contribution is -0.0712. The monoisotopic (exact) mass is 324 g/mol. The molecular weight excluding hydrogens is 300 g/mol. The zero-order chi connectivity index (χ0) is 15.5. The van der Waals surface area contributed by atoms with E-state index in [0.717, 1.165) is 39.0 Å². The van der Waals surface area contributed by atoms with Gasteiger partial charge in [-0.25, -0.2) is 9.78 Å². The van der Waals surface area contributed by atoms with E-state index in [1.165, 1.54) is 11.3 Å². The van der Waals surface area contributed by atoms with E-state index in [0.29, 0.717) is 5.13 Å². The number of thiazole rings is 1. The van der Waals surface area contributed by atoms with Crippen molar-refractivity contribution < 1.29 is 9.53 Å². The molecule has 0 unspecified atom stereocenters. The molecule has 122 valence electrons. The number of nitrogens with zero attached hydrogens (tertiary/aromatic N) is 3. The number of likely N-dealkylation sites (tertiary alicyclic amines) is 1. The maximum atomic E-state index is 12.4. The van der Waals surface area contributed by atoms with Gasteiger partial charge in [-0.3, -0.25) is 10.2 Å². The van der Waals surface area contributed by atoms with E-state index in [4.69, 9.17) is 4.74 Å². The van der Waals surface area contributed by atoms with Crippen LogP contribution in [-0.2, 0) is 4.74 Å². The molecule has 3 atom stereocenters. The largest absolute Gasteiger partial charge is 0.373 e. The highest BCUT2D eigenvalue weighted by Crippen LogP contribution is 2.22. The van der Waals surface area contributed by atoms with E-state index < -0.39 is 0 Å². The van der Waals surface area contributed by atoms with Crippen molar-refractivity contribution in [1.82, 2.24) is 14.8 Å². The number of amides is 2. The summed E-state index contributed by atoms with van der Waals surface area (Å²) in [5.41, 5.74) is 0. The number of rotatable bonds is 3. The van der Waals surface area contributed by atoms with Crippen LogP contribution < -0.4 is 5.32 Å². The molecule has 0 aliphatic carbocycles. The number of urea groups is 1. The van der Waals surface area contributed by atoms with E-state index in [1.54, 1.807) is 6.20 Å². The number of anilines is 1. The number of aromatic nitrogens is 1. The second-order valence-electron chi connectivity index (χ2n) is 6.23. The highest BCUT2D eigenvalue weighted by molar-refractivity contribution is 7.13. The second kappa shape index (κ2) is 6.93. The van der Waals surface area contributed by atoms with Gasteiger partial charge in [-0.05, 0) is 26.7 Å². The molecule has 6 nitrogen and oxygen atoms in total. The lowest BCUT2D eigenvalue weighted by Gasteiger charge is -2.38. The van der Waals surface area contributed by atoms with Gasteiger partial charge in [0.05, 0.1) is 12.2 Å². The summed E-state index contributed by atoms with van der Waals surface area (Å²) in [5.74, 6) is 0. The Bertz CT molecular complexity index is 486. The Hall–Kier alpha value is -1.18. The number of hydrogen-bond acceptors (Lipinski definition) is 5. The molecule has 3 heterocycles. The van der Waals surface area contributed by atoms with Gasteiger partial charge in [-0.2, -0.15) is 0 Å². The zero-order valence-corrected chi connectivity index (χ0v) is 14.0. The van der Waals surface area contributed by atoms with Crippen molar-refractivity contribution in [1.29, 1.82) is 0 Å². The Morgan fingerprint density at radius 2 is 2.23 bits per heavy atom. The van der Waals surface area contributed by atoms with Gasteiger partial charge in [0.25, 0.3) is 0 Å². The summed E-state index contributed by atoms with van der Waals surface area (Å²) < 4.78 is 5.78. The molecule has 0 spiro atoms. The maximum Gasteiger partial charge on any atom is 0.323 e. The minimum Gasteiger partial charge on any atom is -0.373 e. The number of morpholine rings is 1. The van der Waals surface area contributed by atoms with E-state index >= 15 is 0 Å². The first-order chi connectivity index (χ1) is 10.6. The molecule has 0 aromatic carbocycles. The second-order valence-corrected chi connectivity index (χ2v) is 7.13. The third kappa shape index (κ3) is 3.77. The number of carbonyl (C=O) groups is 1. The molecule has 2 aliphatic heterocycles. The lowest BCUT2D eigenvalue weighted by Crippen LogP contribution is -2.51. The first-order valence-corrected chi connectivity index (χ1v) is 8.84. The van der Waals surface area contributed by atoms with Crippen molar-refractivity contribution in [3.63, 3.8) is 0 Å². The molecule has 3 rings (SSSR count). The van der Waals surface area contributed by atoms with Crippen molar-refractivity contribution in [3.05, 3.63) is 11.6 Å². The van der Waals surface area contributed by atoms with E-state index in [9.17, 15) is 4.79 Å². The number of carbonyl (C=O) groups excluding carboxylic acids is 1. The SMILES string of the molecule is C[C@@H]1CN(C[C@H]2CCCN2C(=O)Nc2nccs2)C[C@H](C)O1. The molecule has 1 aromatic rings. The van der Waals surface area contributed by atoms with Gasteiger partial charge in [0, 0.05) is 43.8 Å². The fourth-order valence-electron chi connectivity index (χ4n) is 3.47. The Labute approximate surface area is 135 Å². The van der Waals surface area contributed by atoms with Gasteiger partial charge in [0.1, 0.15) is 0 Å². The minimum absolute atomic E-state index is 0.0215. The molecule has 2 aliphatic rings. The molecule has 2 fully saturated rings. The molecule has 0 bridgehead atoms. The molecule has 22 heavy (non-hydrogen) atoms. The third-order valence-electron chi connectivity index (χ3n) is 4.25. The number of hydrogen-bond donors (Lipinski definition) is 1. The highest BCUT2D eigenvalue weighted by atomic mass is 32.1. The summed E-state index contributed by atoms with van der Waals surface area (Å²) in [6.45, 7) is 7.89. The zero-order valence-electron chi connectivity index (χ0n) is 13.2. The van der Waals surface area contributed by atoms with Crippen molar-refractivity contribution >= 4 is 22.5 Å². The standard InChI is InChI=1S/C15H24N4O2S/c1-11-8-18(9-12(2)21-11)10-13-4-3-6-19(13)15(20)17-14-16-5-7-22-14/h5,7,11-13H,3-4,6,8-10H2,1-2H3,(H,16,17,20)/t11-,12+,13-/m1/s1. The van der Waals surface area contributed by atoms with Gasteiger partial charge < -0.3 is 9.64 Å². The molecule has 2 saturated heterocycles. The summed E-state index contributed by atoms with van der Waals surface area (Å²) in [6, 6.07) is 0.268. The van der Waals surface area contributed by atoms with Crippen LogP contribution in [0, 0.1) is 0 Å². The van der Waals surface area contributed by atoms with E-state index in [1.807, 2.05) is 10.3 Å². The van der Waals surface area contributed by atoms with Crippen molar-refractivity contribution in [2.75, 3.05) is 31.5 Å². The van der Waals surface area contributed by atoms with Gasteiger partial charge in [-0.1, -0.05) is 0 Å². The summed E-state index contributed by atoms with van der Waals surface area (Å²) >= 11 is 1.45. The summed E-state index contributed by atoms with van der Waals surface area (Å²) in [6.07, 6.45) is 4.39. The first-order valence-electron chi connectivity index (χ1n) is 7.96. The molecule has 1 aromatic heterocycles. The smallest absolute Gasteiger partial charge is 0.323 e. The topological polar surface area (TPSA) is 57.7 Å². The molecule has 1 N–H and O–H groups in total. The normalized spacial score (nSPS) is 29.7. The molecular formula is C15H24N4O2S. The van der Waals surface area contributed by atoms with Gasteiger partial charge in [-0.15, -0.1) is 11.3 Å². The van der Waals surface area contributed by atoms with Crippen LogP contribution in [-0.4, -0.2) is 65.2 Å². The maximum absolute atomic E-state index is 12.4. The molecule has 7 heteroatoms. The van der Waals surface area contributed by atoms with Crippen LogP contribution in [0.25, 0.3) is 0 Å². The van der Waals surface area contributed by atoms with Gasteiger partial charge in [0.15, 0.2) is 5.13 Å². The van der Waals surface area contributed by atoms with Crippen LogP contribution in [0.4, 0.5) is 9.93 Å². The highest BCUT2D eigenvalue weighted by Gasteiger charge is 2.32. The summed E-state index contributed by atoms with van der Waals surface area (Å²) in [5, 5.41) is 5.44. The average Bonchev–Trinajstić information content (AvgIpc) is 3.08. The predicted octanol–water partition coefficient (Wildman–Crippen LogP) is 2.25. The Balaban J connectivity index is 1.57. The van der Waals surface area contributed by atoms with E-state index in [-0.39, 0.29) is 24.3 Å². The van der Waals surface area contributed by atoms with Gasteiger partial charge >= 0.3 is 6.03 Å². The minimum atomic E-state index is -0.0215. The quantitative estimate of drug-likeness (QED) is 0.926. The number of nitrogens with one attached hydrogen (secondary N) is 1. The lowest BCUT2D eigenvalue weighted by atomic mass is 10.1. The Kier molecular flexibility index (Phi) is 4.95. The fourth-order valence-corrected chi connectivity index (χ4v) is 3.99. The van der Waals surface area contributed by atoms with Gasteiger partial charge in [0.2, 0.25) is 0 Å². The van der Waals surface area contributed by atoms with Crippen LogP contribution in [0.1, 0.15) is 26.7 Å². The Morgan fingerprint density at radius 3 is 2.91 bits per heavy atom. The van der Waals surface area contributed by atoms with Crippen LogP contribution in [0.15, 0.2) is 11.6 Å². The van der Waals surface area contributed by atoms with Crippen molar-refractivity contribution in [3.8, 4) is 0 Å². The van der Waals surface area contributed by atoms with Crippen LogP contribution in [0.2, 0.25) is 0 Å². The number of ether oxygens (including phenoxy) is 1. The predicted molar refractivity (Wildman–Crippen MR) is 87.3 cm³/mol. The van der Waals surface area contributed by atoms with Crippen molar-refractivity contribution in [2.24, 2.45) is 0 Å². The molecule has 0 radical (unpaired) electrons. The van der Waals surface area contributed by atoms with Crippen LogP contribution >= 0.6 is 11.3 Å². The third-order valence-corrected chi connectivity index (χ3v) is 4.94. The van der Waals surface area contributed by atoms with Crippen LogP contribution in [0.3, 0.4) is 0 Å². The summed E-state index contributed by atoms with van der Waals surface area (Å²) in [4.78, 5) is 20.9. The molecule has 0 saturated carbocycles. The Morgan fingerprint density at radius 1 is 1.45 bits per heavy atom. The fraction of sp³-hybridized carbons (Fsp3) is 0.733. The summed E-state index contributed by atoms with van der Waals surface area (Å²) in [7, 11) is 0. The van der Waals surface area contributed by atoms with E-state index in [2.05, 4.69) is 29.0 Å². The first kappa shape index (κ1) is 15.7. The average molecular weight is 324 g/mol. The molecule has 2 amide bonds. The van der Waals surface area contributed by atoms with Crippen molar-refractivity contribution in [2.45, 2.75) is 44.9 Å². The van der Waals surface area contributed by atoms with Crippen LogP contribution in [0.5, 0.6) is 0 Å².